The first-order valence-corrected chi connectivity index (χ1v) is 9.01. The van der Waals surface area contributed by atoms with E-state index in [2.05, 4.69) is 59.2 Å². The number of ether oxygens (including phenoxy) is 1. The molecule has 1 spiro atoms. The van der Waals surface area contributed by atoms with Gasteiger partial charge in [0.25, 0.3) is 0 Å². The number of rotatable bonds is 3. The van der Waals surface area contributed by atoms with E-state index in [1.165, 1.54) is 30.4 Å². The van der Waals surface area contributed by atoms with Crippen molar-refractivity contribution in [1.82, 2.24) is 10.6 Å². The summed E-state index contributed by atoms with van der Waals surface area (Å²) in [6, 6.07) is 20.1. The van der Waals surface area contributed by atoms with Crippen molar-refractivity contribution in [2.24, 2.45) is 0 Å². The van der Waals surface area contributed by atoms with Gasteiger partial charge >= 0.3 is 0 Å². The summed E-state index contributed by atoms with van der Waals surface area (Å²) in [5, 5.41) is 7.78. The molecule has 2 fully saturated rings. The second-order valence-corrected chi connectivity index (χ2v) is 7.04. The number of methoxy groups -OCH3 is 1. The smallest absolute Gasteiger partial charge is 0.123 e. The number of nitrogens with one attached hydrogen (secondary N) is 2. The van der Waals surface area contributed by atoms with Gasteiger partial charge in [-0.25, -0.2) is 0 Å². The predicted octanol–water partition coefficient (Wildman–Crippen LogP) is 3.98. The predicted molar refractivity (Wildman–Crippen MR) is 97.3 cm³/mol. The molecule has 0 unspecified atom stereocenters. The lowest BCUT2D eigenvalue weighted by Crippen LogP contribution is -2.54. The zero-order valence-electron chi connectivity index (χ0n) is 14.3. The van der Waals surface area contributed by atoms with Crippen LogP contribution in [0.1, 0.15) is 48.9 Å². The molecule has 0 aliphatic carbocycles. The third-order valence-corrected chi connectivity index (χ3v) is 5.69. The zero-order valence-corrected chi connectivity index (χ0v) is 14.3. The summed E-state index contributed by atoms with van der Waals surface area (Å²) in [6.07, 6.45) is 4.81. The number of benzene rings is 2. The Morgan fingerprint density at radius 1 is 1.00 bits per heavy atom. The van der Waals surface area contributed by atoms with Crippen LogP contribution in [0.3, 0.4) is 0 Å². The van der Waals surface area contributed by atoms with E-state index >= 15 is 0 Å². The van der Waals surface area contributed by atoms with E-state index in [-0.39, 0.29) is 5.54 Å². The SMILES string of the molecule is COc1ccccc1[C@H]1CC[C@]2(CCCN[C@@H]2c2ccccc2)N1. The minimum absolute atomic E-state index is 0.144. The Morgan fingerprint density at radius 2 is 1.79 bits per heavy atom. The summed E-state index contributed by atoms with van der Waals surface area (Å²) >= 11 is 0. The van der Waals surface area contributed by atoms with Gasteiger partial charge in [0.1, 0.15) is 5.75 Å². The van der Waals surface area contributed by atoms with E-state index < -0.39 is 0 Å². The lowest BCUT2D eigenvalue weighted by Gasteiger charge is -2.43. The molecular weight excluding hydrogens is 296 g/mol. The van der Waals surface area contributed by atoms with Gasteiger partial charge in [-0.1, -0.05) is 48.5 Å². The average Bonchev–Trinajstić information content (AvgIpc) is 3.07. The van der Waals surface area contributed by atoms with Crippen molar-refractivity contribution >= 4 is 0 Å². The molecular formula is C21H26N2O. The quantitative estimate of drug-likeness (QED) is 0.896. The van der Waals surface area contributed by atoms with E-state index in [1.807, 2.05) is 6.07 Å². The van der Waals surface area contributed by atoms with E-state index in [9.17, 15) is 0 Å². The minimum atomic E-state index is 0.144. The van der Waals surface area contributed by atoms with Gasteiger partial charge in [0, 0.05) is 17.1 Å². The maximum atomic E-state index is 5.59. The fourth-order valence-electron chi connectivity index (χ4n) is 4.58. The topological polar surface area (TPSA) is 33.3 Å². The Morgan fingerprint density at radius 3 is 2.62 bits per heavy atom. The molecule has 3 nitrogen and oxygen atoms in total. The first kappa shape index (κ1) is 15.7. The molecule has 2 N–H and O–H groups in total. The van der Waals surface area contributed by atoms with Crippen LogP contribution in [0.2, 0.25) is 0 Å². The van der Waals surface area contributed by atoms with Crippen LogP contribution in [0.4, 0.5) is 0 Å². The van der Waals surface area contributed by atoms with E-state index in [1.54, 1.807) is 7.11 Å². The number of para-hydroxylation sites is 1. The fraction of sp³-hybridized carbons (Fsp3) is 0.429. The second kappa shape index (κ2) is 6.58. The summed E-state index contributed by atoms with van der Waals surface area (Å²) in [4.78, 5) is 0. The van der Waals surface area contributed by atoms with Crippen LogP contribution in [-0.4, -0.2) is 19.2 Å². The summed E-state index contributed by atoms with van der Waals surface area (Å²) in [7, 11) is 1.76. The molecule has 2 aliphatic heterocycles. The van der Waals surface area contributed by atoms with Gasteiger partial charge in [0.05, 0.1) is 13.2 Å². The molecule has 0 bridgehead atoms. The van der Waals surface area contributed by atoms with Crippen LogP contribution in [0.25, 0.3) is 0 Å². The number of hydrogen-bond donors (Lipinski definition) is 2. The van der Waals surface area contributed by atoms with Crippen molar-refractivity contribution in [2.45, 2.75) is 43.3 Å². The zero-order chi connectivity index (χ0) is 16.4. The molecule has 24 heavy (non-hydrogen) atoms. The molecule has 2 saturated heterocycles. The number of piperidine rings is 1. The summed E-state index contributed by atoms with van der Waals surface area (Å²) in [5.74, 6) is 0.993. The molecule has 0 saturated carbocycles. The standard InChI is InChI=1S/C21H26N2O/c1-24-19-11-6-5-10-17(19)18-12-14-21(23-18)13-7-15-22-20(21)16-8-3-2-4-9-16/h2-6,8-11,18,20,22-23H,7,12-15H2,1H3/t18-,20-,21+/m1/s1. The van der Waals surface area contributed by atoms with Gasteiger partial charge in [-0.2, -0.15) is 0 Å². The van der Waals surface area contributed by atoms with E-state index in [4.69, 9.17) is 4.74 Å². The van der Waals surface area contributed by atoms with Gasteiger partial charge in [-0.15, -0.1) is 0 Å². The molecule has 2 aliphatic rings. The molecule has 0 amide bonds. The minimum Gasteiger partial charge on any atom is -0.496 e. The van der Waals surface area contributed by atoms with E-state index in [0.717, 1.165) is 18.7 Å². The van der Waals surface area contributed by atoms with Crippen LogP contribution in [0.15, 0.2) is 54.6 Å². The van der Waals surface area contributed by atoms with Crippen molar-refractivity contribution in [3.8, 4) is 5.75 Å². The third-order valence-electron chi connectivity index (χ3n) is 5.69. The lowest BCUT2D eigenvalue weighted by molar-refractivity contribution is 0.197. The van der Waals surface area contributed by atoms with Crippen LogP contribution in [0, 0.1) is 0 Å². The Kier molecular flexibility index (Phi) is 4.30. The Hall–Kier alpha value is -1.84. The molecule has 2 aromatic carbocycles. The molecule has 4 rings (SSSR count). The van der Waals surface area contributed by atoms with E-state index in [0.29, 0.717) is 12.1 Å². The molecule has 2 heterocycles. The maximum Gasteiger partial charge on any atom is 0.123 e. The van der Waals surface area contributed by atoms with Crippen LogP contribution in [-0.2, 0) is 0 Å². The first-order chi connectivity index (χ1) is 11.8. The highest BCUT2D eigenvalue weighted by Crippen LogP contribution is 2.46. The first-order valence-electron chi connectivity index (χ1n) is 9.01. The van der Waals surface area contributed by atoms with Crippen LogP contribution < -0.4 is 15.4 Å². The average molecular weight is 322 g/mol. The normalized spacial score (nSPS) is 29.7. The Balaban J connectivity index is 1.63. The van der Waals surface area contributed by atoms with Gasteiger partial charge in [0.15, 0.2) is 0 Å². The monoisotopic (exact) mass is 322 g/mol. The van der Waals surface area contributed by atoms with Crippen molar-refractivity contribution in [1.29, 1.82) is 0 Å². The van der Waals surface area contributed by atoms with Crippen molar-refractivity contribution in [3.63, 3.8) is 0 Å². The summed E-state index contributed by atoms with van der Waals surface area (Å²) < 4.78 is 5.59. The highest BCUT2D eigenvalue weighted by Gasteiger charge is 2.47. The third kappa shape index (κ3) is 2.72. The largest absolute Gasteiger partial charge is 0.496 e. The molecule has 3 heteroatoms. The highest BCUT2D eigenvalue weighted by atomic mass is 16.5. The Labute approximate surface area is 144 Å². The molecule has 126 valence electrons. The molecule has 0 radical (unpaired) electrons. The van der Waals surface area contributed by atoms with Gasteiger partial charge in [-0.05, 0) is 43.9 Å². The molecule has 2 aromatic rings. The second-order valence-electron chi connectivity index (χ2n) is 7.04. The van der Waals surface area contributed by atoms with Crippen molar-refractivity contribution in [3.05, 3.63) is 65.7 Å². The summed E-state index contributed by atoms with van der Waals surface area (Å²) in [5.41, 5.74) is 2.82. The highest BCUT2D eigenvalue weighted by molar-refractivity contribution is 5.38. The molecule has 3 atom stereocenters. The van der Waals surface area contributed by atoms with Gasteiger partial charge < -0.3 is 15.4 Å². The van der Waals surface area contributed by atoms with Crippen LogP contribution >= 0.6 is 0 Å². The van der Waals surface area contributed by atoms with Crippen molar-refractivity contribution < 1.29 is 4.74 Å². The lowest BCUT2D eigenvalue weighted by atomic mass is 9.78. The number of hydrogen-bond acceptors (Lipinski definition) is 3. The Bertz CT molecular complexity index is 687. The van der Waals surface area contributed by atoms with Crippen LogP contribution in [0.5, 0.6) is 5.75 Å². The van der Waals surface area contributed by atoms with Gasteiger partial charge in [0.2, 0.25) is 0 Å². The van der Waals surface area contributed by atoms with Crippen molar-refractivity contribution in [2.75, 3.05) is 13.7 Å². The fourth-order valence-corrected chi connectivity index (χ4v) is 4.58. The summed E-state index contributed by atoms with van der Waals surface area (Å²) in [6.45, 7) is 1.10. The van der Waals surface area contributed by atoms with Gasteiger partial charge in [-0.3, -0.25) is 0 Å². The maximum absolute atomic E-state index is 5.59. The molecule has 0 aromatic heterocycles.